The van der Waals surface area contributed by atoms with E-state index < -0.39 is 0 Å². The first kappa shape index (κ1) is 20.0. The highest BCUT2D eigenvalue weighted by Crippen LogP contribution is 2.26. The second-order valence-electron chi connectivity index (χ2n) is 5.21. The Hall–Kier alpha value is -1.75. The first-order valence-corrected chi connectivity index (χ1v) is 11.7. The molecule has 10 heteroatoms. The van der Waals surface area contributed by atoms with Gasteiger partial charge in [-0.3, -0.25) is 9.59 Å². The lowest BCUT2D eigenvalue weighted by Gasteiger charge is -1.99. The molecule has 3 rings (SSSR count). The van der Waals surface area contributed by atoms with Crippen LogP contribution in [0.2, 0.25) is 0 Å². The fraction of sp³-hybridized carbons (Fsp3) is 0.235. The van der Waals surface area contributed by atoms with Crippen molar-refractivity contribution in [3.05, 3.63) is 47.0 Å². The first-order valence-electron chi connectivity index (χ1n) is 8.05. The third-order valence-corrected chi connectivity index (χ3v) is 7.14. The molecule has 27 heavy (non-hydrogen) atoms. The number of carbonyl (C=O) groups excluding carboxylic acids is 2. The van der Waals surface area contributed by atoms with Gasteiger partial charge in [-0.05, 0) is 5.75 Å². The molecule has 1 aromatic carbocycles. The van der Waals surface area contributed by atoms with Crippen LogP contribution in [0.3, 0.4) is 0 Å². The number of ketones is 1. The Morgan fingerprint density at radius 2 is 1.93 bits per heavy atom. The van der Waals surface area contributed by atoms with Gasteiger partial charge in [0.1, 0.15) is 0 Å². The third-order valence-electron chi connectivity index (χ3n) is 3.22. The number of nitrogens with one attached hydrogen (secondary N) is 1. The second-order valence-corrected chi connectivity index (χ2v) is 9.78. The molecule has 1 N–H and O–H groups in total. The van der Waals surface area contributed by atoms with Crippen LogP contribution in [0.15, 0.2) is 44.4 Å². The van der Waals surface area contributed by atoms with Gasteiger partial charge in [0.2, 0.25) is 11.0 Å². The number of Topliss-reactive ketones (excluding diaryl/α,β-unsaturated/α-hetero) is 1. The number of hydrogen-bond acceptors (Lipinski definition) is 9. The molecule has 0 atom stereocenters. The number of benzene rings is 1. The number of carbonyl (C=O) groups is 2. The van der Waals surface area contributed by atoms with Crippen LogP contribution in [0.4, 0.5) is 5.13 Å². The summed E-state index contributed by atoms with van der Waals surface area (Å²) in [4.78, 5) is 28.7. The molecular formula is C17H16N4O2S4. The minimum absolute atomic E-state index is 0.0621. The molecule has 0 fully saturated rings. The fourth-order valence-electron chi connectivity index (χ4n) is 2.04. The Labute approximate surface area is 173 Å². The average molecular weight is 437 g/mol. The number of nitrogens with zero attached hydrogens (tertiary/aromatic N) is 3. The van der Waals surface area contributed by atoms with Crippen LogP contribution in [0.5, 0.6) is 0 Å². The number of thioether (sulfide) groups is 2. The standard InChI is InChI=1S/C17H16N4O2S4/c1-2-24-17-21-20-15(27-17)19-14(23)8-12-9-25-16(18-12)26-10-13(22)11-6-4-3-5-7-11/h3-7,9H,2,8,10H2,1H3,(H,19,20,23). The van der Waals surface area contributed by atoms with E-state index in [0.29, 0.717) is 22.1 Å². The first-order chi connectivity index (χ1) is 13.1. The van der Waals surface area contributed by atoms with Gasteiger partial charge in [0.15, 0.2) is 14.5 Å². The van der Waals surface area contributed by atoms with Crippen LogP contribution in [0.1, 0.15) is 23.0 Å². The van der Waals surface area contributed by atoms with Gasteiger partial charge in [0.25, 0.3) is 0 Å². The van der Waals surface area contributed by atoms with Crippen LogP contribution in [0.25, 0.3) is 0 Å². The summed E-state index contributed by atoms with van der Waals surface area (Å²) in [5.41, 5.74) is 1.37. The van der Waals surface area contributed by atoms with Crippen molar-refractivity contribution in [3.63, 3.8) is 0 Å². The van der Waals surface area contributed by atoms with Crippen LogP contribution in [-0.4, -0.2) is 38.4 Å². The lowest BCUT2D eigenvalue weighted by molar-refractivity contribution is -0.115. The lowest BCUT2D eigenvalue weighted by Crippen LogP contribution is -2.14. The normalized spacial score (nSPS) is 10.7. The molecule has 6 nitrogen and oxygen atoms in total. The molecule has 0 saturated heterocycles. The summed E-state index contributed by atoms with van der Waals surface area (Å²) < 4.78 is 1.61. The van der Waals surface area contributed by atoms with E-state index in [9.17, 15) is 9.59 Å². The zero-order valence-electron chi connectivity index (χ0n) is 14.4. The molecule has 140 valence electrons. The van der Waals surface area contributed by atoms with Gasteiger partial charge in [-0.25, -0.2) is 4.98 Å². The number of thiazole rings is 1. The van der Waals surface area contributed by atoms with Crippen LogP contribution in [0, 0.1) is 0 Å². The molecule has 1 amide bonds. The molecule has 2 aromatic heterocycles. The van der Waals surface area contributed by atoms with Gasteiger partial charge < -0.3 is 5.32 Å². The summed E-state index contributed by atoms with van der Waals surface area (Å²) in [7, 11) is 0. The average Bonchev–Trinajstić information content (AvgIpc) is 3.30. The molecule has 0 saturated carbocycles. The Kier molecular flexibility index (Phi) is 7.39. The van der Waals surface area contributed by atoms with Crippen molar-refractivity contribution < 1.29 is 9.59 Å². The number of anilines is 1. The van der Waals surface area contributed by atoms with E-state index in [4.69, 9.17) is 0 Å². The lowest BCUT2D eigenvalue weighted by atomic mass is 10.2. The van der Waals surface area contributed by atoms with Gasteiger partial charge in [-0.15, -0.1) is 21.5 Å². The van der Waals surface area contributed by atoms with Crippen LogP contribution >= 0.6 is 46.2 Å². The highest BCUT2D eigenvalue weighted by atomic mass is 32.2. The Balaban J connectivity index is 1.48. The maximum Gasteiger partial charge on any atom is 0.232 e. The minimum Gasteiger partial charge on any atom is -0.300 e. The molecule has 0 unspecified atom stereocenters. The van der Waals surface area contributed by atoms with E-state index >= 15 is 0 Å². The van der Waals surface area contributed by atoms with Crippen molar-refractivity contribution in [2.24, 2.45) is 0 Å². The van der Waals surface area contributed by atoms with Crippen LogP contribution in [-0.2, 0) is 11.2 Å². The molecule has 0 aliphatic rings. The van der Waals surface area contributed by atoms with Crippen LogP contribution < -0.4 is 5.32 Å². The van der Waals surface area contributed by atoms with E-state index in [2.05, 4.69) is 20.5 Å². The Morgan fingerprint density at radius 1 is 1.11 bits per heavy atom. The molecular weight excluding hydrogens is 420 g/mol. The predicted octanol–water partition coefficient (Wildman–Crippen LogP) is 4.26. The quantitative estimate of drug-likeness (QED) is 0.305. The van der Waals surface area contributed by atoms with E-state index in [1.807, 2.05) is 30.5 Å². The number of aromatic nitrogens is 3. The van der Waals surface area contributed by atoms with Crippen molar-refractivity contribution in [2.75, 3.05) is 16.8 Å². The summed E-state index contributed by atoms with van der Waals surface area (Å²) >= 11 is 5.77. The van der Waals surface area contributed by atoms with Gasteiger partial charge in [-0.2, -0.15) is 0 Å². The minimum atomic E-state index is -0.179. The van der Waals surface area contributed by atoms with Crippen molar-refractivity contribution in [3.8, 4) is 0 Å². The van der Waals surface area contributed by atoms with E-state index in [1.54, 1.807) is 23.9 Å². The summed E-state index contributed by atoms with van der Waals surface area (Å²) in [6.07, 6.45) is 0.166. The second kappa shape index (κ2) is 9.98. The Bertz CT molecular complexity index is 911. The summed E-state index contributed by atoms with van der Waals surface area (Å²) in [6, 6.07) is 9.18. The predicted molar refractivity (Wildman–Crippen MR) is 112 cm³/mol. The summed E-state index contributed by atoms with van der Waals surface area (Å²) in [5.74, 6) is 1.12. The van der Waals surface area contributed by atoms with Crippen molar-refractivity contribution in [1.29, 1.82) is 0 Å². The Morgan fingerprint density at radius 3 is 2.70 bits per heavy atom. The monoisotopic (exact) mass is 436 g/mol. The largest absolute Gasteiger partial charge is 0.300 e. The molecule has 0 bridgehead atoms. The zero-order valence-corrected chi connectivity index (χ0v) is 17.6. The number of amides is 1. The van der Waals surface area contributed by atoms with Gasteiger partial charge >= 0.3 is 0 Å². The van der Waals surface area contributed by atoms with Gasteiger partial charge in [-0.1, -0.05) is 72.1 Å². The molecule has 2 heterocycles. The topological polar surface area (TPSA) is 84.8 Å². The highest BCUT2D eigenvalue weighted by Gasteiger charge is 2.13. The highest BCUT2D eigenvalue weighted by molar-refractivity contribution is 8.01. The van der Waals surface area contributed by atoms with E-state index in [-0.39, 0.29) is 18.1 Å². The molecule has 3 aromatic rings. The zero-order chi connectivity index (χ0) is 19.1. The fourth-order valence-corrected chi connectivity index (χ4v) is 5.44. The summed E-state index contributed by atoms with van der Waals surface area (Å²) in [5, 5.41) is 13.0. The molecule has 0 aliphatic carbocycles. The maximum absolute atomic E-state index is 12.1. The molecule has 0 aliphatic heterocycles. The van der Waals surface area contributed by atoms with Gasteiger partial charge in [0, 0.05) is 10.9 Å². The smallest absolute Gasteiger partial charge is 0.232 e. The third kappa shape index (κ3) is 6.13. The number of hydrogen-bond donors (Lipinski definition) is 1. The number of rotatable bonds is 9. The van der Waals surface area contributed by atoms with E-state index in [0.717, 1.165) is 14.4 Å². The summed E-state index contributed by atoms with van der Waals surface area (Å²) in [6.45, 7) is 2.04. The van der Waals surface area contributed by atoms with E-state index in [1.165, 1.54) is 34.4 Å². The maximum atomic E-state index is 12.1. The van der Waals surface area contributed by atoms with Gasteiger partial charge in [0.05, 0.1) is 17.9 Å². The molecule has 0 spiro atoms. The SMILES string of the molecule is CCSc1nnc(NC(=O)Cc2csc(SCC(=O)c3ccccc3)n2)s1. The van der Waals surface area contributed by atoms with Crippen molar-refractivity contribution >= 4 is 63.0 Å². The van der Waals surface area contributed by atoms with Crippen molar-refractivity contribution in [1.82, 2.24) is 15.2 Å². The molecule has 0 radical (unpaired) electrons. The van der Waals surface area contributed by atoms with Crippen molar-refractivity contribution in [2.45, 2.75) is 22.0 Å².